The first-order valence-electron chi connectivity index (χ1n) is 8.49. The molecule has 3 aromatic rings. The fourth-order valence-corrected chi connectivity index (χ4v) is 2.42. The Morgan fingerprint density at radius 1 is 0.963 bits per heavy atom. The molecule has 0 aliphatic carbocycles. The molecule has 3 rings (SSSR count). The van der Waals surface area contributed by atoms with Crippen molar-refractivity contribution < 1.29 is 14.3 Å². The van der Waals surface area contributed by atoms with Crippen LogP contribution in [0.15, 0.2) is 84.0 Å². The fraction of sp³-hybridized carbons (Fsp3) is 0.0909. The number of ether oxygens (including phenoxy) is 2. The van der Waals surface area contributed by atoms with Crippen molar-refractivity contribution in [2.75, 3.05) is 7.11 Å². The molecule has 5 nitrogen and oxygen atoms in total. The van der Waals surface area contributed by atoms with Gasteiger partial charge in [0.25, 0.3) is 5.91 Å². The van der Waals surface area contributed by atoms with Gasteiger partial charge in [-0.15, -0.1) is 0 Å². The highest BCUT2D eigenvalue weighted by Crippen LogP contribution is 2.15. The van der Waals surface area contributed by atoms with Gasteiger partial charge in [-0.1, -0.05) is 48.5 Å². The Morgan fingerprint density at radius 3 is 2.56 bits per heavy atom. The molecule has 0 bridgehead atoms. The van der Waals surface area contributed by atoms with Crippen LogP contribution in [0.1, 0.15) is 21.5 Å². The number of rotatable bonds is 7. The van der Waals surface area contributed by atoms with Crippen molar-refractivity contribution in [3.8, 4) is 11.5 Å². The van der Waals surface area contributed by atoms with E-state index in [1.54, 1.807) is 37.6 Å². The van der Waals surface area contributed by atoms with Crippen LogP contribution in [0, 0.1) is 0 Å². The first-order chi connectivity index (χ1) is 13.2. The number of carbonyl (C=O) groups is 1. The number of hydrazone groups is 1. The Balaban J connectivity index is 1.57. The minimum absolute atomic E-state index is 0.304. The maximum atomic E-state index is 12.1. The Bertz CT molecular complexity index is 924. The molecule has 0 atom stereocenters. The van der Waals surface area contributed by atoms with Gasteiger partial charge in [-0.25, -0.2) is 5.43 Å². The summed E-state index contributed by atoms with van der Waals surface area (Å²) in [7, 11) is 1.56. The predicted molar refractivity (Wildman–Crippen MR) is 105 cm³/mol. The lowest BCUT2D eigenvalue weighted by molar-refractivity contribution is 0.0955. The number of benzene rings is 3. The zero-order chi connectivity index (χ0) is 18.9. The smallest absolute Gasteiger partial charge is 0.271 e. The molecular weight excluding hydrogens is 340 g/mol. The van der Waals surface area contributed by atoms with Crippen LogP contribution in [-0.2, 0) is 6.61 Å². The molecule has 1 amide bonds. The number of hydrogen-bond acceptors (Lipinski definition) is 4. The van der Waals surface area contributed by atoms with Crippen LogP contribution in [0.4, 0.5) is 0 Å². The van der Waals surface area contributed by atoms with E-state index < -0.39 is 0 Å². The van der Waals surface area contributed by atoms with E-state index in [1.165, 1.54) is 0 Å². The van der Waals surface area contributed by atoms with Crippen molar-refractivity contribution in [3.05, 3.63) is 95.6 Å². The molecule has 5 heteroatoms. The monoisotopic (exact) mass is 360 g/mol. The van der Waals surface area contributed by atoms with Gasteiger partial charge < -0.3 is 9.47 Å². The standard InChI is InChI=1S/C22H20N2O3/c1-26-20-11-6-10-19(14-20)22(25)24-23-15-18-9-5-12-21(13-18)27-16-17-7-3-2-4-8-17/h2-15H,16H2,1H3,(H,24,25)/b23-15+. The van der Waals surface area contributed by atoms with Crippen LogP contribution >= 0.6 is 0 Å². The molecule has 0 saturated carbocycles. The van der Waals surface area contributed by atoms with Gasteiger partial charge in [-0.05, 0) is 41.5 Å². The maximum absolute atomic E-state index is 12.1. The van der Waals surface area contributed by atoms with Gasteiger partial charge in [-0.2, -0.15) is 5.10 Å². The zero-order valence-corrected chi connectivity index (χ0v) is 15.0. The first kappa shape index (κ1) is 18.2. The molecule has 0 spiro atoms. The van der Waals surface area contributed by atoms with Crippen LogP contribution in [0.5, 0.6) is 11.5 Å². The molecule has 1 N–H and O–H groups in total. The fourth-order valence-electron chi connectivity index (χ4n) is 2.42. The molecule has 27 heavy (non-hydrogen) atoms. The van der Waals surface area contributed by atoms with Crippen molar-refractivity contribution in [2.24, 2.45) is 5.10 Å². The Morgan fingerprint density at radius 2 is 1.74 bits per heavy atom. The summed E-state index contributed by atoms with van der Waals surface area (Å²) in [6.45, 7) is 0.494. The molecule has 0 saturated heterocycles. The Kier molecular flexibility index (Phi) is 6.20. The van der Waals surface area contributed by atoms with Crippen molar-refractivity contribution in [1.29, 1.82) is 0 Å². The highest BCUT2D eigenvalue weighted by molar-refractivity contribution is 5.95. The quantitative estimate of drug-likeness (QED) is 0.511. The van der Waals surface area contributed by atoms with Crippen LogP contribution in [0.3, 0.4) is 0 Å². The molecule has 0 aromatic heterocycles. The average Bonchev–Trinajstić information content (AvgIpc) is 2.73. The van der Waals surface area contributed by atoms with E-state index in [-0.39, 0.29) is 5.91 Å². The second kappa shape index (κ2) is 9.20. The van der Waals surface area contributed by atoms with Gasteiger partial charge in [0.15, 0.2) is 0 Å². The van der Waals surface area contributed by atoms with Crippen molar-refractivity contribution in [2.45, 2.75) is 6.61 Å². The van der Waals surface area contributed by atoms with Crippen molar-refractivity contribution >= 4 is 12.1 Å². The van der Waals surface area contributed by atoms with E-state index in [4.69, 9.17) is 9.47 Å². The summed E-state index contributed by atoms with van der Waals surface area (Å²) in [5, 5.41) is 4.01. The molecule has 0 unspecified atom stereocenters. The lowest BCUT2D eigenvalue weighted by Gasteiger charge is -2.07. The van der Waals surface area contributed by atoms with Gasteiger partial charge in [-0.3, -0.25) is 4.79 Å². The molecule has 0 aliphatic heterocycles. The highest BCUT2D eigenvalue weighted by atomic mass is 16.5. The normalized spacial score (nSPS) is 10.6. The van der Waals surface area contributed by atoms with E-state index in [0.717, 1.165) is 16.9 Å². The molecule has 0 fully saturated rings. The lowest BCUT2D eigenvalue weighted by atomic mass is 10.2. The van der Waals surface area contributed by atoms with Crippen LogP contribution in [0.25, 0.3) is 0 Å². The zero-order valence-electron chi connectivity index (χ0n) is 15.0. The van der Waals surface area contributed by atoms with Crippen LogP contribution in [0.2, 0.25) is 0 Å². The molecule has 136 valence electrons. The number of amides is 1. The third-order valence-corrected chi connectivity index (χ3v) is 3.82. The van der Waals surface area contributed by atoms with E-state index >= 15 is 0 Å². The SMILES string of the molecule is COc1cccc(C(=O)N/N=C/c2cccc(OCc3ccccc3)c2)c1. The molecular formula is C22H20N2O3. The summed E-state index contributed by atoms with van der Waals surface area (Å²) in [4.78, 5) is 12.1. The van der Waals surface area contributed by atoms with E-state index in [1.807, 2.05) is 54.6 Å². The third-order valence-electron chi connectivity index (χ3n) is 3.82. The Labute approximate surface area is 158 Å². The summed E-state index contributed by atoms with van der Waals surface area (Å²) in [5.74, 6) is 1.05. The van der Waals surface area contributed by atoms with Gasteiger partial charge in [0.1, 0.15) is 18.1 Å². The summed E-state index contributed by atoms with van der Waals surface area (Å²) in [5.41, 5.74) is 4.91. The number of nitrogens with one attached hydrogen (secondary N) is 1. The summed E-state index contributed by atoms with van der Waals surface area (Å²) in [6.07, 6.45) is 1.58. The summed E-state index contributed by atoms with van der Waals surface area (Å²) in [6, 6.07) is 24.4. The molecule has 0 heterocycles. The second-order valence-electron chi connectivity index (χ2n) is 5.78. The number of methoxy groups -OCH3 is 1. The van der Waals surface area contributed by atoms with Crippen molar-refractivity contribution in [3.63, 3.8) is 0 Å². The maximum Gasteiger partial charge on any atom is 0.271 e. The summed E-state index contributed by atoms with van der Waals surface area (Å²) >= 11 is 0. The molecule has 3 aromatic carbocycles. The van der Waals surface area contributed by atoms with Gasteiger partial charge >= 0.3 is 0 Å². The molecule has 0 aliphatic rings. The second-order valence-corrected chi connectivity index (χ2v) is 5.78. The Hall–Kier alpha value is -3.60. The topological polar surface area (TPSA) is 59.9 Å². The van der Waals surface area contributed by atoms with E-state index in [9.17, 15) is 4.79 Å². The molecule has 0 radical (unpaired) electrons. The largest absolute Gasteiger partial charge is 0.497 e. The number of nitrogens with zero attached hydrogens (tertiary/aromatic N) is 1. The van der Waals surface area contributed by atoms with Crippen molar-refractivity contribution in [1.82, 2.24) is 5.43 Å². The minimum atomic E-state index is -0.304. The van der Waals surface area contributed by atoms with Gasteiger partial charge in [0, 0.05) is 5.56 Å². The first-order valence-corrected chi connectivity index (χ1v) is 8.49. The van der Waals surface area contributed by atoms with Crippen LogP contribution < -0.4 is 14.9 Å². The number of hydrogen-bond donors (Lipinski definition) is 1. The number of carbonyl (C=O) groups excluding carboxylic acids is 1. The van der Waals surface area contributed by atoms with Crippen LogP contribution in [-0.4, -0.2) is 19.2 Å². The lowest BCUT2D eigenvalue weighted by Crippen LogP contribution is -2.17. The summed E-state index contributed by atoms with van der Waals surface area (Å²) < 4.78 is 10.9. The van der Waals surface area contributed by atoms with Gasteiger partial charge in [0.2, 0.25) is 0 Å². The predicted octanol–water partition coefficient (Wildman–Crippen LogP) is 4.04. The van der Waals surface area contributed by atoms with E-state index in [2.05, 4.69) is 10.5 Å². The van der Waals surface area contributed by atoms with E-state index in [0.29, 0.717) is 17.9 Å². The van der Waals surface area contributed by atoms with Gasteiger partial charge in [0.05, 0.1) is 13.3 Å². The highest BCUT2D eigenvalue weighted by Gasteiger charge is 2.05. The average molecular weight is 360 g/mol. The minimum Gasteiger partial charge on any atom is -0.497 e. The third kappa shape index (κ3) is 5.44.